The Kier molecular flexibility index (Phi) is 12.4. The molecule has 0 fully saturated rings. The van der Waals surface area contributed by atoms with Crippen molar-refractivity contribution < 1.29 is 19.1 Å². The van der Waals surface area contributed by atoms with E-state index in [-0.39, 0.29) is 23.6 Å². The summed E-state index contributed by atoms with van der Waals surface area (Å²) in [6.07, 6.45) is 0.872. The van der Waals surface area contributed by atoms with Gasteiger partial charge in [0.2, 0.25) is 11.8 Å². The molecule has 2 rings (SSSR count). The number of thiol groups is 1. The summed E-state index contributed by atoms with van der Waals surface area (Å²) in [5.74, 6) is -0.186. The van der Waals surface area contributed by atoms with Gasteiger partial charge in [0.15, 0.2) is 0 Å². The van der Waals surface area contributed by atoms with E-state index in [0.717, 1.165) is 23.1 Å². The molecule has 0 aliphatic rings. The Morgan fingerprint density at radius 3 is 2.13 bits per heavy atom. The third-order valence-corrected chi connectivity index (χ3v) is 6.75. The van der Waals surface area contributed by atoms with Gasteiger partial charge in [-0.15, -0.1) is 0 Å². The molecule has 7 nitrogen and oxygen atoms in total. The molecule has 0 heterocycles. The third-order valence-electron chi connectivity index (χ3n) is 6.38. The lowest BCUT2D eigenvalue weighted by molar-refractivity contribution is -0.144. The molecule has 0 aliphatic heterocycles. The predicted molar refractivity (Wildman–Crippen MR) is 160 cm³/mol. The molecule has 39 heavy (non-hydrogen) atoms. The van der Waals surface area contributed by atoms with Crippen LogP contribution in [0.15, 0.2) is 54.6 Å². The third kappa shape index (κ3) is 10.2. The van der Waals surface area contributed by atoms with E-state index in [2.05, 4.69) is 37.1 Å². The maximum Gasteiger partial charge on any atom is 0.408 e. The van der Waals surface area contributed by atoms with Gasteiger partial charge in [0.25, 0.3) is 0 Å². The summed E-state index contributed by atoms with van der Waals surface area (Å²) in [4.78, 5) is 42.4. The summed E-state index contributed by atoms with van der Waals surface area (Å²) < 4.78 is 5.40. The highest BCUT2D eigenvalue weighted by atomic mass is 32.1. The number of alkyl carbamates (subject to hydrolysis) is 1. The quantitative estimate of drug-likeness (QED) is 0.288. The molecule has 3 atom stereocenters. The molecule has 0 spiro atoms. The van der Waals surface area contributed by atoms with Crippen molar-refractivity contribution in [3.8, 4) is 0 Å². The summed E-state index contributed by atoms with van der Waals surface area (Å²) in [6.45, 7) is 13.8. The highest BCUT2D eigenvalue weighted by Crippen LogP contribution is 2.29. The molecule has 3 amide bonds. The highest BCUT2D eigenvalue weighted by molar-refractivity contribution is 7.80. The fraction of sp³-hybridized carbons (Fsp3) is 0.516. The maximum atomic E-state index is 14.2. The van der Waals surface area contributed by atoms with Crippen LogP contribution in [0.2, 0.25) is 0 Å². The number of hydrogen-bond donors (Lipinski definition) is 3. The first-order valence-corrected chi connectivity index (χ1v) is 14.3. The zero-order chi connectivity index (χ0) is 29.2. The van der Waals surface area contributed by atoms with Crippen molar-refractivity contribution in [3.63, 3.8) is 0 Å². The Bertz CT molecular complexity index is 1080. The molecular formula is C31H45N3O4S. The predicted octanol–water partition coefficient (Wildman–Crippen LogP) is 5.83. The number of carbonyl (C=O) groups is 3. The summed E-state index contributed by atoms with van der Waals surface area (Å²) >= 11 is 4.39. The molecule has 214 valence electrons. The van der Waals surface area contributed by atoms with Crippen LogP contribution in [-0.4, -0.2) is 46.2 Å². The topological polar surface area (TPSA) is 87.7 Å². The second kappa shape index (κ2) is 15.0. The van der Waals surface area contributed by atoms with Crippen LogP contribution in [-0.2, 0) is 20.9 Å². The van der Waals surface area contributed by atoms with Crippen LogP contribution in [0.4, 0.5) is 4.79 Å². The molecule has 3 unspecified atom stereocenters. The Labute approximate surface area is 239 Å². The first-order chi connectivity index (χ1) is 18.3. The Morgan fingerprint density at radius 1 is 0.949 bits per heavy atom. The molecular weight excluding hydrogens is 510 g/mol. The number of nitrogens with zero attached hydrogens (tertiary/aromatic N) is 1. The smallest absolute Gasteiger partial charge is 0.408 e. The van der Waals surface area contributed by atoms with Crippen molar-refractivity contribution in [2.75, 3.05) is 5.75 Å². The second-order valence-electron chi connectivity index (χ2n) is 11.4. The van der Waals surface area contributed by atoms with Crippen molar-refractivity contribution in [1.82, 2.24) is 15.5 Å². The molecule has 0 aliphatic carbocycles. The lowest BCUT2D eigenvalue weighted by Crippen LogP contribution is -2.56. The van der Waals surface area contributed by atoms with E-state index in [1.54, 1.807) is 25.7 Å². The van der Waals surface area contributed by atoms with Crippen molar-refractivity contribution in [3.05, 3.63) is 71.3 Å². The van der Waals surface area contributed by atoms with E-state index < -0.39 is 23.8 Å². The number of nitrogens with one attached hydrogen (secondary N) is 2. The van der Waals surface area contributed by atoms with E-state index in [1.807, 2.05) is 68.4 Å². The largest absolute Gasteiger partial charge is 0.444 e. The van der Waals surface area contributed by atoms with Gasteiger partial charge in [0.1, 0.15) is 17.7 Å². The average molecular weight is 556 g/mol. The van der Waals surface area contributed by atoms with E-state index >= 15 is 0 Å². The lowest BCUT2D eigenvalue weighted by Gasteiger charge is -2.39. The first kappa shape index (κ1) is 32.2. The molecule has 0 saturated heterocycles. The molecule has 8 heteroatoms. The summed E-state index contributed by atoms with van der Waals surface area (Å²) in [6, 6.07) is 15.1. The normalized spacial score (nSPS) is 13.8. The van der Waals surface area contributed by atoms with Gasteiger partial charge in [-0.25, -0.2) is 4.79 Å². The van der Waals surface area contributed by atoms with Crippen LogP contribution in [0.3, 0.4) is 0 Å². The number of ether oxygens (including phenoxy) is 1. The molecule has 2 aromatic carbocycles. The van der Waals surface area contributed by atoms with Gasteiger partial charge in [-0.1, -0.05) is 68.4 Å². The summed E-state index contributed by atoms with van der Waals surface area (Å²) in [5, 5.41) is 5.73. The standard InChI is InChI=1S/C31H45N3O4S/c1-21(2)17-18-23(4)34(29(36)26(20-39)33-30(37)38-31(5,6)7)27(25-16-12-11-13-22(25)3)28(35)32-19-24-14-9-8-10-15-24/h8-16,21,23,26-27,39H,17-20H2,1-7H3,(H,32,35)(H,33,37). The minimum absolute atomic E-state index is 0.0532. The molecule has 2 aromatic rings. The monoisotopic (exact) mass is 555 g/mol. The van der Waals surface area contributed by atoms with Crippen molar-refractivity contribution >= 4 is 30.5 Å². The van der Waals surface area contributed by atoms with E-state index in [0.29, 0.717) is 18.9 Å². The van der Waals surface area contributed by atoms with Crippen molar-refractivity contribution in [2.45, 2.75) is 91.6 Å². The number of amides is 3. The fourth-order valence-corrected chi connectivity index (χ4v) is 4.57. The lowest BCUT2D eigenvalue weighted by atomic mass is 9.94. The number of carbonyl (C=O) groups excluding carboxylic acids is 3. The molecule has 0 saturated carbocycles. The van der Waals surface area contributed by atoms with Crippen LogP contribution >= 0.6 is 12.6 Å². The van der Waals surface area contributed by atoms with Crippen LogP contribution in [0.1, 0.15) is 77.1 Å². The molecule has 0 radical (unpaired) electrons. The second-order valence-corrected chi connectivity index (χ2v) is 11.8. The average Bonchev–Trinajstić information content (AvgIpc) is 2.87. The minimum Gasteiger partial charge on any atom is -0.444 e. The van der Waals surface area contributed by atoms with Gasteiger partial charge < -0.3 is 20.3 Å². The van der Waals surface area contributed by atoms with Gasteiger partial charge in [0.05, 0.1) is 0 Å². The zero-order valence-electron chi connectivity index (χ0n) is 24.4. The maximum absolute atomic E-state index is 14.2. The molecule has 0 bridgehead atoms. The summed E-state index contributed by atoms with van der Waals surface area (Å²) in [5.41, 5.74) is 1.87. The van der Waals surface area contributed by atoms with Gasteiger partial charge in [0, 0.05) is 18.3 Å². The van der Waals surface area contributed by atoms with Crippen LogP contribution in [0, 0.1) is 12.8 Å². The highest BCUT2D eigenvalue weighted by Gasteiger charge is 2.39. The van der Waals surface area contributed by atoms with Crippen LogP contribution < -0.4 is 10.6 Å². The number of benzene rings is 2. The summed E-state index contributed by atoms with van der Waals surface area (Å²) in [7, 11) is 0. The minimum atomic E-state index is -0.974. The SMILES string of the molecule is Cc1ccccc1C(C(=O)NCc1ccccc1)N(C(=O)C(CS)NC(=O)OC(C)(C)C)C(C)CCC(C)C. The molecule has 2 N–H and O–H groups in total. The van der Waals surface area contributed by atoms with Gasteiger partial charge in [-0.2, -0.15) is 12.6 Å². The van der Waals surface area contributed by atoms with Crippen molar-refractivity contribution in [2.24, 2.45) is 5.92 Å². The first-order valence-electron chi connectivity index (χ1n) is 13.6. The number of hydrogen-bond acceptors (Lipinski definition) is 5. The van der Waals surface area contributed by atoms with Crippen LogP contribution in [0.25, 0.3) is 0 Å². The Hall–Kier alpha value is -3.00. The Morgan fingerprint density at radius 2 is 1.56 bits per heavy atom. The van der Waals surface area contributed by atoms with Crippen molar-refractivity contribution in [1.29, 1.82) is 0 Å². The van der Waals surface area contributed by atoms with E-state index in [1.165, 1.54) is 0 Å². The molecule has 0 aromatic heterocycles. The number of rotatable bonds is 12. The van der Waals surface area contributed by atoms with E-state index in [4.69, 9.17) is 4.74 Å². The van der Waals surface area contributed by atoms with Gasteiger partial charge in [-0.05, 0) is 70.1 Å². The van der Waals surface area contributed by atoms with E-state index in [9.17, 15) is 14.4 Å². The Balaban J connectivity index is 2.50. The zero-order valence-corrected chi connectivity index (χ0v) is 25.3. The van der Waals surface area contributed by atoms with Crippen LogP contribution in [0.5, 0.6) is 0 Å². The number of aryl methyl sites for hydroxylation is 1. The van der Waals surface area contributed by atoms with Gasteiger partial charge >= 0.3 is 6.09 Å². The fourth-order valence-electron chi connectivity index (χ4n) is 4.32. The van der Waals surface area contributed by atoms with Gasteiger partial charge in [-0.3, -0.25) is 9.59 Å².